The lowest BCUT2D eigenvalue weighted by Crippen LogP contribution is -2.49. The highest BCUT2D eigenvalue weighted by atomic mass is 79.9. The maximum absolute atomic E-state index is 13.0. The molecular weight excluding hydrogens is 432 g/mol. The zero-order valence-corrected chi connectivity index (χ0v) is 19.1. The summed E-state index contributed by atoms with van der Waals surface area (Å²) in [5.74, 6) is 0.294. The number of nitrogens with one attached hydrogen (secondary N) is 1. The molecule has 6 heteroatoms. The van der Waals surface area contributed by atoms with Gasteiger partial charge < -0.3 is 15.0 Å². The van der Waals surface area contributed by atoms with Crippen LogP contribution in [0, 0.1) is 13.8 Å². The maximum atomic E-state index is 13.0. The van der Waals surface area contributed by atoms with E-state index in [0.717, 1.165) is 27.6 Å². The van der Waals surface area contributed by atoms with E-state index in [1.54, 1.807) is 11.8 Å². The van der Waals surface area contributed by atoms with E-state index < -0.39 is 6.04 Å². The number of hydrogen-bond acceptors (Lipinski definition) is 3. The maximum Gasteiger partial charge on any atom is 0.261 e. The Bertz CT molecular complexity index is 837. The van der Waals surface area contributed by atoms with Crippen LogP contribution >= 0.6 is 15.9 Å². The first-order valence-corrected chi connectivity index (χ1v) is 10.6. The van der Waals surface area contributed by atoms with E-state index in [-0.39, 0.29) is 18.4 Å². The first kappa shape index (κ1) is 22.9. The highest BCUT2D eigenvalue weighted by Gasteiger charge is 2.26. The highest BCUT2D eigenvalue weighted by molar-refractivity contribution is 9.10. The second-order valence-electron chi connectivity index (χ2n) is 7.10. The number of hydrogen-bond donors (Lipinski definition) is 1. The Labute approximate surface area is 181 Å². The van der Waals surface area contributed by atoms with Crippen LogP contribution in [0.15, 0.2) is 46.9 Å². The molecule has 5 nitrogen and oxygen atoms in total. The van der Waals surface area contributed by atoms with Gasteiger partial charge in [0.2, 0.25) is 5.91 Å². The summed E-state index contributed by atoms with van der Waals surface area (Å²) < 4.78 is 6.76. The number of halogens is 1. The van der Waals surface area contributed by atoms with Crippen LogP contribution in [0.25, 0.3) is 0 Å². The number of carbonyl (C=O) groups is 2. The minimum atomic E-state index is -0.597. The molecule has 2 amide bonds. The fraction of sp³-hybridized carbons (Fsp3) is 0.391. The van der Waals surface area contributed by atoms with Crippen molar-refractivity contribution in [1.82, 2.24) is 10.2 Å². The van der Waals surface area contributed by atoms with Gasteiger partial charge >= 0.3 is 0 Å². The number of benzene rings is 2. The molecule has 2 aromatic rings. The first-order chi connectivity index (χ1) is 13.8. The summed E-state index contributed by atoms with van der Waals surface area (Å²) in [6.07, 6.45) is 0.842. The molecule has 0 spiro atoms. The molecular formula is C23H29BrN2O3. The monoisotopic (exact) mass is 460 g/mol. The molecule has 1 atom stereocenters. The van der Waals surface area contributed by atoms with E-state index in [1.165, 1.54) is 0 Å². The molecule has 2 aromatic carbocycles. The second kappa shape index (κ2) is 11.0. The molecule has 0 heterocycles. The SMILES string of the molecule is CCCNC(=O)[C@H](C)N(Cc1ccc(Br)cc1)C(=O)COc1cccc(C)c1C. The molecule has 0 aliphatic carbocycles. The molecule has 0 saturated heterocycles. The molecule has 0 aromatic heterocycles. The molecule has 2 rings (SSSR count). The molecule has 0 aliphatic rings. The van der Waals surface area contributed by atoms with Crippen LogP contribution in [0.5, 0.6) is 5.75 Å². The molecule has 0 radical (unpaired) electrons. The largest absolute Gasteiger partial charge is 0.483 e. The van der Waals surface area contributed by atoms with Gasteiger partial charge in [-0.2, -0.15) is 0 Å². The second-order valence-corrected chi connectivity index (χ2v) is 8.02. The zero-order valence-electron chi connectivity index (χ0n) is 17.5. The Hall–Kier alpha value is -2.34. The van der Waals surface area contributed by atoms with Gasteiger partial charge in [0.15, 0.2) is 6.61 Å². The fourth-order valence-electron chi connectivity index (χ4n) is 2.87. The smallest absolute Gasteiger partial charge is 0.261 e. The number of nitrogens with zero attached hydrogens (tertiary/aromatic N) is 1. The quantitative estimate of drug-likeness (QED) is 0.603. The Balaban J connectivity index is 2.15. The lowest BCUT2D eigenvalue weighted by atomic mass is 10.1. The molecule has 1 N–H and O–H groups in total. The van der Waals surface area contributed by atoms with Crippen molar-refractivity contribution in [1.29, 1.82) is 0 Å². The van der Waals surface area contributed by atoms with Crippen LogP contribution in [0.4, 0.5) is 0 Å². The van der Waals surface area contributed by atoms with Gasteiger partial charge in [-0.15, -0.1) is 0 Å². The highest BCUT2D eigenvalue weighted by Crippen LogP contribution is 2.21. The van der Waals surface area contributed by atoms with E-state index >= 15 is 0 Å². The van der Waals surface area contributed by atoms with E-state index in [1.807, 2.05) is 63.2 Å². The van der Waals surface area contributed by atoms with Crippen LogP contribution in [-0.2, 0) is 16.1 Å². The summed E-state index contributed by atoms with van der Waals surface area (Å²) in [5, 5.41) is 2.87. The summed E-state index contributed by atoms with van der Waals surface area (Å²) in [4.78, 5) is 27.1. The average molecular weight is 461 g/mol. The van der Waals surface area contributed by atoms with Crippen molar-refractivity contribution in [2.24, 2.45) is 0 Å². The number of ether oxygens (including phenoxy) is 1. The summed E-state index contributed by atoms with van der Waals surface area (Å²) in [6, 6.07) is 12.9. The Morgan fingerprint density at radius 2 is 1.83 bits per heavy atom. The number of rotatable bonds is 9. The Kier molecular flexibility index (Phi) is 8.70. The molecule has 0 fully saturated rings. The van der Waals surface area contributed by atoms with E-state index in [0.29, 0.717) is 18.8 Å². The van der Waals surface area contributed by atoms with Crippen LogP contribution in [0.2, 0.25) is 0 Å². The average Bonchev–Trinajstić information content (AvgIpc) is 2.71. The topological polar surface area (TPSA) is 58.6 Å². The van der Waals surface area contributed by atoms with Crippen molar-refractivity contribution in [3.63, 3.8) is 0 Å². The van der Waals surface area contributed by atoms with Gasteiger partial charge in [-0.25, -0.2) is 0 Å². The normalized spacial score (nSPS) is 11.6. The van der Waals surface area contributed by atoms with Crippen molar-refractivity contribution in [3.8, 4) is 5.75 Å². The van der Waals surface area contributed by atoms with Crippen molar-refractivity contribution in [2.45, 2.75) is 46.7 Å². The van der Waals surface area contributed by atoms with Gasteiger partial charge in [0, 0.05) is 17.6 Å². The van der Waals surface area contributed by atoms with Gasteiger partial charge in [0.05, 0.1) is 0 Å². The fourth-order valence-corrected chi connectivity index (χ4v) is 3.13. The minimum absolute atomic E-state index is 0.119. The van der Waals surface area contributed by atoms with Gasteiger partial charge in [0.25, 0.3) is 5.91 Å². The van der Waals surface area contributed by atoms with Gasteiger partial charge in [-0.3, -0.25) is 9.59 Å². The molecule has 0 bridgehead atoms. The zero-order chi connectivity index (χ0) is 21.4. The molecule has 0 aliphatic heterocycles. The third-order valence-electron chi connectivity index (χ3n) is 4.89. The van der Waals surface area contributed by atoms with Gasteiger partial charge in [-0.1, -0.05) is 47.1 Å². The summed E-state index contributed by atoms with van der Waals surface area (Å²) in [7, 11) is 0. The summed E-state index contributed by atoms with van der Waals surface area (Å²) in [5.41, 5.74) is 3.06. The van der Waals surface area contributed by atoms with Crippen LogP contribution in [-0.4, -0.2) is 35.9 Å². The minimum Gasteiger partial charge on any atom is -0.483 e. The number of carbonyl (C=O) groups excluding carboxylic acids is 2. The van der Waals surface area contributed by atoms with Crippen molar-refractivity contribution in [2.75, 3.05) is 13.2 Å². The predicted octanol–water partition coefficient (Wildman–Crippen LogP) is 4.39. The van der Waals surface area contributed by atoms with Crippen molar-refractivity contribution >= 4 is 27.7 Å². The van der Waals surface area contributed by atoms with Crippen LogP contribution in [0.3, 0.4) is 0 Å². The van der Waals surface area contributed by atoms with Crippen molar-refractivity contribution < 1.29 is 14.3 Å². The number of aryl methyl sites for hydroxylation is 1. The predicted molar refractivity (Wildman–Crippen MR) is 119 cm³/mol. The molecule has 0 unspecified atom stereocenters. The van der Waals surface area contributed by atoms with E-state index in [9.17, 15) is 9.59 Å². The molecule has 156 valence electrons. The third-order valence-corrected chi connectivity index (χ3v) is 5.42. The van der Waals surface area contributed by atoms with E-state index in [2.05, 4.69) is 21.2 Å². The Morgan fingerprint density at radius 1 is 1.14 bits per heavy atom. The summed E-state index contributed by atoms with van der Waals surface area (Å²) >= 11 is 3.42. The van der Waals surface area contributed by atoms with E-state index in [4.69, 9.17) is 4.74 Å². The third kappa shape index (κ3) is 6.60. The standard InChI is InChI=1S/C23H29BrN2O3/c1-5-13-25-23(28)18(4)26(14-19-9-11-20(24)12-10-19)22(27)15-29-21-8-6-7-16(2)17(21)3/h6-12,18H,5,13-15H2,1-4H3,(H,25,28)/t18-/m0/s1. The lowest BCUT2D eigenvalue weighted by Gasteiger charge is -2.29. The number of amides is 2. The Morgan fingerprint density at radius 3 is 2.48 bits per heavy atom. The molecule has 29 heavy (non-hydrogen) atoms. The van der Waals surface area contributed by atoms with Crippen molar-refractivity contribution in [3.05, 3.63) is 63.6 Å². The van der Waals surface area contributed by atoms with Gasteiger partial charge in [-0.05, 0) is 62.1 Å². The van der Waals surface area contributed by atoms with Crippen LogP contribution < -0.4 is 10.1 Å². The van der Waals surface area contributed by atoms with Crippen LogP contribution in [0.1, 0.15) is 37.0 Å². The molecule has 0 saturated carbocycles. The lowest BCUT2D eigenvalue weighted by molar-refractivity contribution is -0.142. The van der Waals surface area contributed by atoms with Gasteiger partial charge in [0.1, 0.15) is 11.8 Å². The summed E-state index contributed by atoms with van der Waals surface area (Å²) in [6.45, 7) is 8.52. The first-order valence-electron chi connectivity index (χ1n) is 9.84.